The molecule has 0 saturated heterocycles. The van der Waals surface area contributed by atoms with Gasteiger partial charge in [-0.3, -0.25) is 10.1 Å². The topological polar surface area (TPSA) is 76.0 Å². The number of urea groups is 1. The zero-order chi connectivity index (χ0) is 16.1. The molecule has 2 rings (SSSR count). The van der Waals surface area contributed by atoms with E-state index in [1.54, 1.807) is 6.07 Å². The van der Waals surface area contributed by atoms with Gasteiger partial charge < -0.3 is 9.88 Å². The number of rotatable bonds is 5. The Kier molecular flexibility index (Phi) is 5.68. The summed E-state index contributed by atoms with van der Waals surface area (Å²) in [4.78, 5) is 27.3. The van der Waals surface area contributed by atoms with E-state index in [0.717, 1.165) is 29.2 Å². The molecule has 0 bridgehead atoms. The van der Waals surface area contributed by atoms with Crippen molar-refractivity contribution in [2.45, 2.75) is 25.0 Å². The van der Waals surface area contributed by atoms with Crippen LogP contribution in [0.3, 0.4) is 0 Å². The molecular weight excluding hydrogens is 324 g/mol. The van der Waals surface area contributed by atoms with E-state index in [9.17, 15) is 9.59 Å². The van der Waals surface area contributed by atoms with Crippen molar-refractivity contribution >= 4 is 46.3 Å². The second-order valence-electron chi connectivity index (χ2n) is 4.60. The number of hydrogen-bond acceptors (Lipinski definition) is 4. The monoisotopic (exact) mass is 340 g/mol. The fourth-order valence-corrected chi connectivity index (χ4v) is 2.99. The minimum Gasteiger partial charge on any atom is -0.341 e. The number of nitrogens with zero attached hydrogens (tertiary/aromatic N) is 2. The normalized spacial score (nSPS) is 10.7. The van der Waals surface area contributed by atoms with Crippen molar-refractivity contribution in [1.29, 1.82) is 0 Å². The predicted molar refractivity (Wildman–Crippen MR) is 88.4 cm³/mol. The Balaban J connectivity index is 2.17. The van der Waals surface area contributed by atoms with E-state index >= 15 is 0 Å². The highest BCUT2D eigenvalue weighted by molar-refractivity contribution is 7.99. The van der Waals surface area contributed by atoms with Crippen molar-refractivity contribution < 1.29 is 9.59 Å². The number of benzene rings is 1. The second-order valence-corrected chi connectivity index (χ2v) is 5.97. The summed E-state index contributed by atoms with van der Waals surface area (Å²) in [6.07, 6.45) is 0.950. The first-order valence-electron chi connectivity index (χ1n) is 6.85. The Morgan fingerprint density at radius 1 is 1.41 bits per heavy atom. The minimum absolute atomic E-state index is 0.119. The van der Waals surface area contributed by atoms with Crippen molar-refractivity contribution in [2.75, 3.05) is 12.8 Å². The van der Waals surface area contributed by atoms with Crippen LogP contribution >= 0.6 is 23.4 Å². The first-order chi connectivity index (χ1) is 10.5. The average Bonchev–Trinajstić information content (AvgIpc) is 2.82. The molecule has 0 atom stereocenters. The molecule has 0 aliphatic carbocycles. The highest BCUT2D eigenvalue weighted by Gasteiger charge is 2.13. The summed E-state index contributed by atoms with van der Waals surface area (Å²) in [6.45, 7) is 2.88. The fourth-order valence-electron chi connectivity index (χ4n) is 1.99. The smallest absolute Gasteiger partial charge is 0.321 e. The van der Waals surface area contributed by atoms with Crippen LogP contribution in [0.15, 0.2) is 23.4 Å². The molecule has 1 heterocycles. The largest absolute Gasteiger partial charge is 0.341 e. The summed E-state index contributed by atoms with van der Waals surface area (Å²) < 4.78 is 2.06. The van der Waals surface area contributed by atoms with E-state index in [0.29, 0.717) is 5.02 Å². The van der Waals surface area contributed by atoms with E-state index < -0.39 is 6.03 Å². The van der Waals surface area contributed by atoms with Gasteiger partial charge in [0.25, 0.3) is 0 Å². The van der Waals surface area contributed by atoms with Gasteiger partial charge in [0, 0.05) is 18.6 Å². The summed E-state index contributed by atoms with van der Waals surface area (Å²) in [5, 5.41) is 5.93. The maximum atomic E-state index is 11.7. The van der Waals surface area contributed by atoms with E-state index in [1.165, 1.54) is 18.8 Å². The van der Waals surface area contributed by atoms with Crippen molar-refractivity contribution in [3.8, 4) is 0 Å². The number of nitrogens with one attached hydrogen (secondary N) is 2. The summed E-state index contributed by atoms with van der Waals surface area (Å²) in [7, 11) is 1.46. The van der Waals surface area contributed by atoms with Gasteiger partial charge in [0.2, 0.25) is 5.91 Å². The molecule has 0 unspecified atom stereocenters. The minimum atomic E-state index is -0.514. The molecule has 0 fully saturated rings. The quantitative estimate of drug-likeness (QED) is 0.820. The van der Waals surface area contributed by atoms with Crippen LogP contribution in [0, 0.1) is 0 Å². The molecule has 1 aromatic heterocycles. The second kappa shape index (κ2) is 7.51. The molecule has 8 heteroatoms. The van der Waals surface area contributed by atoms with Gasteiger partial charge in [-0.05, 0) is 24.6 Å². The maximum absolute atomic E-state index is 11.7. The third-order valence-electron chi connectivity index (χ3n) is 2.93. The zero-order valence-corrected chi connectivity index (χ0v) is 13.9. The van der Waals surface area contributed by atoms with E-state index in [2.05, 4.69) is 27.1 Å². The van der Waals surface area contributed by atoms with E-state index in [-0.39, 0.29) is 11.7 Å². The van der Waals surface area contributed by atoms with Gasteiger partial charge in [-0.1, -0.05) is 30.3 Å². The number of thioether (sulfide) groups is 1. The molecule has 0 radical (unpaired) electrons. The third-order valence-corrected chi connectivity index (χ3v) is 4.15. The lowest BCUT2D eigenvalue weighted by Gasteiger charge is -2.07. The molecule has 1 aromatic carbocycles. The summed E-state index contributed by atoms with van der Waals surface area (Å²) >= 11 is 7.29. The van der Waals surface area contributed by atoms with Gasteiger partial charge in [0.1, 0.15) is 0 Å². The third kappa shape index (κ3) is 3.92. The van der Waals surface area contributed by atoms with Crippen molar-refractivity contribution in [2.24, 2.45) is 0 Å². The molecule has 6 nitrogen and oxygen atoms in total. The number of imidazole rings is 1. The standard InChI is InChI=1S/C14H17ClN4O2S/c1-3-6-19-11-5-4-9(15)7-10(11)17-14(19)22-8-12(20)18-13(21)16-2/h4-5,7H,3,6,8H2,1-2H3,(H2,16,18,20,21). The van der Waals surface area contributed by atoms with Crippen LogP contribution in [0.25, 0.3) is 11.0 Å². The van der Waals surface area contributed by atoms with Crippen LogP contribution in [0.2, 0.25) is 5.02 Å². The first-order valence-corrected chi connectivity index (χ1v) is 8.21. The molecule has 2 N–H and O–H groups in total. The van der Waals surface area contributed by atoms with Crippen molar-refractivity contribution in [1.82, 2.24) is 20.2 Å². The van der Waals surface area contributed by atoms with Gasteiger partial charge in [-0.25, -0.2) is 9.78 Å². The molecule has 0 spiro atoms. The van der Waals surface area contributed by atoms with Crippen molar-refractivity contribution in [3.05, 3.63) is 23.2 Å². The molecule has 2 aromatic rings. The number of carbonyl (C=O) groups excluding carboxylic acids is 2. The number of aryl methyl sites for hydroxylation is 1. The van der Waals surface area contributed by atoms with Crippen LogP contribution in [0.4, 0.5) is 4.79 Å². The van der Waals surface area contributed by atoms with Crippen LogP contribution in [0.1, 0.15) is 13.3 Å². The highest BCUT2D eigenvalue weighted by atomic mass is 35.5. The number of hydrogen-bond donors (Lipinski definition) is 2. The van der Waals surface area contributed by atoms with E-state index in [1.807, 2.05) is 12.1 Å². The van der Waals surface area contributed by atoms with Crippen LogP contribution in [-0.4, -0.2) is 34.3 Å². The average molecular weight is 341 g/mol. The Bertz CT molecular complexity index is 701. The number of fused-ring (bicyclic) bond motifs is 1. The predicted octanol–water partition coefficient (Wildman–Crippen LogP) is 2.65. The lowest BCUT2D eigenvalue weighted by Crippen LogP contribution is -2.38. The van der Waals surface area contributed by atoms with Gasteiger partial charge in [0.05, 0.1) is 16.8 Å². The Morgan fingerprint density at radius 2 is 2.18 bits per heavy atom. The van der Waals surface area contributed by atoms with Gasteiger partial charge in [-0.15, -0.1) is 0 Å². The number of carbonyl (C=O) groups is 2. The molecule has 3 amide bonds. The highest BCUT2D eigenvalue weighted by Crippen LogP contribution is 2.26. The number of aromatic nitrogens is 2. The Hall–Kier alpha value is -1.73. The molecule has 0 aliphatic heterocycles. The van der Waals surface area contributed by atoms with Gasteiger partial charge in [-0.2, -0.15) is 0 Å². The number of amides is 3. The molecule has 22 heavy (non-hydrogen) atoms. The number of halogens is 1. The Morgan fingerprint density at radius 3 is 2.86 bits per heavy atom. The van der Waals surface area contributed by atoms with Crippen LogP contribution < -0.4 is 10.6 Å². The molecule has 0 aliphatic rings. The molecular formula is C14H17ClN4O2S. The lowest BCUT2D eigenvalue weighted by atomic mass is 10.3. The lowest BCUT2D eigenvalue weighted by molar-refractivity contribution is -0.117. The maximum Gasteiger partial charge on any atom is 0.321 e. The van der Waals surface area contributed by atoms with Crippen molar-refractivity contribution in [3.63, 3.8) is 0 Å². The summed E-state index contributed by atoms with van der Waals surface area (Å²) in [5.41, 5.74) is 1.79. The SMILES string of the molecule is CCCn1c(SCC(=O)NC(=O)NC)nc2cc(Cl)ccc21. The first kappa shape index (κ1) is 16.6. The zero-order valence-electron chi connectivity index (χ0n) is 12.4. The Labute approximate surface area is 137 Å². The fraction of sp³-hybridized carbons (Fsp3) is 0.357. The van der Waals surface area contributed by atoms with Crippen LogP contribution in [-0.2, 0) is 11.3 Å². The summed E-state index contributed by atoms with van der Waals surface area (Å²) in [6, 6.07) is 5.04. The van der Waals surface area contributed by atoms with Gasteiger partial charge >= 0.3 is 6.03 Å². The van der Waals surface area contributed by atoms with Gasteiger partial charge in [0.15, 0.2) is 5.16 Å². The number of imide groups is 1. The summed E-state index contributed by atoms with van der Waals surface area (Å²) in [5.74, 6) is -0.244. The van der Waals surface area contributed by atoms with Crippen LogP contribution in [0.5, 0.6) is 0 Å². The van der Waals surface area contributed by atoms with E-state index in [4.69, 9.17) is 11.6 Å². The molecule has 0 saturated carbocycles. The molecule has 118 valence electrons.